The van der Waals surface area contributed by atoms with Crippen LogP contribution in [0, 0.1) is 11.3 Å². The largest absolute Gasteiger partial charge is 0.352 e. The van der Waals surface area contributed by atoms with Crippen molar-refractivity contribution in [3.63, 3.8) is 0 Å². The summed E-state index contributed by atoms with van der Waals surface area (Å²) < 4.78 is 0. The zero-order valence-electron chi connectivity index (χ0n) is 32.1. The van der Waals surface area contributed by atoms with Gasteiger partial charge in [-0.3, -0.25) is 9.59 Å². The molecule has 0 bridgehead atoms. The van der Waals surface area contributed by atoms with Gasteiger partial charge in [-0.15, -0.1) is 0 Å². The van der Waals surface area contributed by atoms with Crippen LogP contribution < -0.4 is 10.6 Å². The molecule has 2 aliphatic carbocycles. The van der Waals surface area contributed by atoms with E-state index >= 15 is 0 Å². The lowest BCUT2D eigenvalue weighted by Gasteiger charge is -2.38. The lowest BCUT2D eigenvalue weighted by Crippen LogP contribution is -2.38. The number of aromatic amines is 2. The monoisotopic (exact) mass is 734 g/mol. The Bertz CT molecular complexity index is 2240. The number of nitrogens with one attached hydrogen (secondary N) is 4. The first-order valence-corrected chi connectivity index (χ1v) is 20.5. The van der Waals surface area contributed by atoms with Crippen molar-refractivity contribution in [2.24, 2.45) is 11.3 Å². The Balaban J connectivity index is 0.852. The maximum atomic E-state index is 13.3. The molecule has 6 aromatic rings. The van der Waals surface area contributed by atoms with Crippen molar-refractivity contribution in [3.8, 4) is 0 Å². The topological polar surface area (TPSA) is 116 Å². The molecule has 4 aromatic carbocycles. The van der Waals surface area contributed by atoms with Crippen LogP contribution >= 0.6 is 0 Å². The van der Waals surface area contributed by atoms with Crippen LogP contribution in [0.3, 0.4) is 0 Å². The summed E-state index contributed by atoms with van der Waals surface area (Å²) in [5.74, 6) is 2.81. The molecular formula is C47H54N6O2. The van der Waals surface area contributed by atoms with E-state index in [4.69, 9.17) is 9.97 Å². The van der Waals surface area contributed by atoms with Crippen molar-refractivity contribution in [1.29, 1.82) is 0 Å². The van der Waals surface area contributed by atoms with E-state index in [0.717, 1.165) is 72.4 Å². The number of aromatic nitrogens is 4. The fourth-order valence-corrected chi connectivity index (χ4v) is 8.92. The van der Waals surface area contributed by atoms with E-state index in [-0.39, 0.29) is 17.2 Å². The molecule has 0 radical (unpaired) electrons. The van der Waals surface area contributed by atoms with Gasteiger partial charge in [-0.1, -0.05) is 93.6 Å². The third kappa shape index (κ3) is 9.01. The summed E-state index contributed by atoms with van der Waals surface area (Å²) in [6, 6.07) is 30.6. The molecule has 8 rings (SSSR count). The molecule has 0 aliphatic heterocycles. The molecule has 2 heterocycles. The number of hydrogen-bond donors (Lipinski definition) is 4. The quantitative estimate of drug-likeness (QED) is 0.106. The second kappa shape index (κ2) is 16.6. The highest BCUT2D eigenvalue weighted by atomic mass is 16.2. The molecule has 8 nitrogen and oxygen atoms in total. The molecule has 2 amide bonds. The minimum Gasteiger partial charge on any atom is -0.352 e. The maximum absolute atomic E-state index is 13.3. The lowest BCUT2D eigenvalue weighted by molar-refractivity contribution is 0.0914. The first-order valence-electron chi connectivity index (χ1n) is 20.5. The predicted octanol–water partition coefficient (Wildman–Crippen LogP) is 9.80. The molecule has 4 N–H and O–H groups in total. The molecule has 2 saturated carbocycles. The highest BCUT2D eigenvalue weighted by molar-refractivity contribution is 5.98. The predicted molar refractivity (Wildman–Crippen MR) is 220 cm³/mol. The van der Waals surface area contributed by atoms with Gasteiger partial charge in [-0.25, -0.2) is 9.97 Å². The van der Waals surface area contributed by atoms with E-state index in [1.165, 1.54) is 61.6 Å². The summed E-state index contributed by atoms with van der Waals surface area (Å²) in [5.41, 5.74) is 8.80. The fourth-order valence-electron chi connectivity index (χ4n) is 8.92. The van der Waals surface area contributed by atoms with Crippen LogP contribution in [0.15, 0.2) is 91.0 Å². The third-order valence-electron chi connectivity index (χ3n) is 12.3. The van der Waals surface area contributed by atoms with Gasteiger partial charge in [0.1, 0.15) is 11.6 Å². The zero-order valence-corrected chi connectivity index (χ0v) is 32.1. The van der Waals surface area contributed by atoms with Gasteiger partial charge in [0, 0.05) is 37.1 Å². The van der Waals surface area contributed by atoms with Crippen LogP contribution in [0.1, 0.15) is 133 Å². The van der Waals surface area contributed by atoms with Gasteiger partial charge in [0.15, 0.2) is 0 Å². The first-order chi connectivity index (χ1) is 26.9. The number of amides is 2. The van der Waals surface area contributed by atoms with Gasteiger partial charge >= 0.3 is 0 Å². The molecule has 0 saturated heterocycles. The van der Waals surface area contributed by atoms with Crippen molar-refractivity contribution in [1.82, 2.24) is 30.6 Å². The highest BCUT2D eigenvalue weighted by Gasteiger charge is 2.33. The number of H-pyrrole nitrogens is 2. The van der Waals surface area contributed by atoms with Gasteiger partial charge in [-0.05, 0) is 109 Å². The molecule has 2 aliphatic rings. The summed E-state index contributed by atoms with van der Waals surface area (Å²) in [6.07, 6.45) is 14.6. The molecule has 0 unspecified atom stereocenters. The van der Waals surface area contributed by atoms with Crippen molar-refractivity contribution in [2.45, 2.75) is 96.3 Å². The first kappa shape index (κ1) is 36.7. The van der Waals surface area contributed by atoms with Crippen LogP contribution in [0.2, 0.25) is 0 Å². The SMILES string of the molecule is CC1(CNC(=O)c2ccc3nc(Cc4ccccc4)[nH]c3c2)CCC(c2ccccc2Cc2nc3ccc(C(=O)NCC4CCCCCCC4)cc3[nH]2)CC1. The van der Waals surface area contributed by atoms with Crippen LogP contribution in [-0.2, 0) is 12.8 Å². The van der Waals surface area contributed by atoms with Crippen molar-refractivity contribution in [3.05, 3.63) is 130 Å². The fraction of sp³-hybridized carbons (Fsp3) is 0.404. The Hall–Kier alpha value is -5.24. The standard InChI is InChI=1S/C47H54N6O2/c1-47(31-49-46(55)37-19-21-39-41(28-37)52-43(50-39)26-32-12-8-5-9-13-32)24-22-34(23-25-47)38-17-11-10-16-35(38)29-44-51-40-20-18-36(27-42(40)53-44)45(54)48-30-33-14-6-3-2-4-7-15-33/h5,8-13,16-21,27-28,33-34H,2-4,6-7,14-15,22-26,29-31H2,1H3,(H,48,54)(H,49,55)(H,50,52)(H,51,53). The number of benzene rings is 4. The molecular weight excluding hydrogens is 681 g/mol. The van der Waals surface area contributed by atoms with E-state index in [1.54, 1.807) is 0 Å². The molecule has 55 heavy (non-hydrogen) atoms. The number of imidazole rings is 2. The van der Waals surface area contributed by atoms with Crippen molar-refractivity contribution < 1.29 is 9.59 Å². The van der Waals surface area contributed by atoms with E-state index in [0.29, 0.717) is 35.9 Å². The normalized spacial score (nSPS) is 19.5. The number of hydrogen-bond acceptors (Lipinski definition) is 4. The molecule has 2 aromatic heterocycles. The van der Waals surface area contributed by atoms with Gasteiger partial charge < -0.3 is 20.6 Å². The summed E-state index contributed by atoms with van der Waals surface area (Å²) in [6.45, 7) is 3.72. The molecule has 2 fully saturated rings. The van der Waals surface area contributed by atoms with Gasteiger partial charge in [-0.2, -0.15) is 0 Å². The minimum absolute atomic E-state index is 0.00166. The number of nitrogens with zero attached hydrogens (tertiary/aromatic N) is 2. The van der Waals surface area contributed by atoms with Gasteiger partial charge in [0.2, 0.25) is 0 Å². The highest BCUT2D eigenvalue weighted by Crippen LogP contribution is 2.43. The second-order valence-electron chi connectivity index (χ2n) is 16.6. The summed E-state index contributed by atoms with van der Waals surface area (Å²) in [7, 11) is 0. The van der Waals surface area contributed by atoms with Crippen molar-refractivity contribution in [2.75, 3.05) is 13.1 Å². The second-order valence-corrected chi connectivity index (χ2v) is 16.6. The molecule has 0 atom stereocenters. The van der Waals surface area contributed by atoms with Crippen LogP contribution in [0.5, 0.6) is 0 Å². The van der Waals surface area contributed by atoms with Crippen LogP contribution in [0.25, 0.3) is 22.1 Å². The van der Waals surface area contributed by atoms with Crippen LogP contribution in [-0.4, -0.2) is 44.8 Å². The Labute approximate surface area is 324 Å². The maximum Gasteiger partial charge on any atom is 0.251 e. The molecule has 8 heteroatoms. The Morgan fingerprint density at radius 2 is 1.25 bits per heavy atom. The summed E-state index contributed by atoms with van der Waals surface area (Å²) >= 11 is 0. The summed E-state index contributed by atoms with van der Waals surface area (Å²) in [4.78, 5) is 43.0. The smallest absolute Gasteiger partial charge is 0.251 e. The van der Waals surface area contributed by atoms with Gasteiger partial charge in [0.05, 0.1) is 22.1 Å². The third-order valence-corrected chi connectivity index (χ3v) is 12.3. The Morgan fingerprint density at radius 1 is 0.673 bits per heavy atom. The Morgan fingerprint density at radius 3 is 1.93 bits per heavy atom. The molecule has 0 spiro atoms. The minimum atomic E-state index is -0.0430. The Kier molecular flexibility index (Phi) is 11.1. The number of carbonyl (C=O) groups excluding carboxylic acids is 2. The lowest BCUT2D eigenvalue weighted by atomic mass is 9.69. The van der Waals surface area contributed by atoms with E-state index in [1.807, 2.05) is 54.6 Å². The van der Waals surface area contributed by atoms with E-state index < -0.39 is 0 Å². The number of rotatable bonds is 11. The average molecular weight is 735 g/mol. The zero-order chi connectivity index (χ0) is 37.6. The number of fused-ring (bicyclic) bond motifs is 2. The van der Waals surface area contributed by atoms with Crippen LogP contribution in [0.4, 0.5) is 0 Å². The van der Waals surface area contributed by atoms with Crippen molar-refractivity contribution >= 4 is 33.9 Å². The van der Waals surface area contributed by atoms with E-state index in [2.05, 4.69) is 63.9 Å². The summed E-state index contributed by atoms with van der Waals surface area (Å²) in [5, 5.41) is 6.47. The number of carbonyl (C=O) groups is 2. The van der Waals surface area contributed by atoms with Gasteiger partial charge in [0.25, 0.3) is 11.8 Å². The molecule has 284 valence electrons. The van der Waals surface area contributed by atoms with E-state index in [9.17, 15) is 9.59 Å². The average Bonchev–Trinajstić information content (AvgIpc) is 3.79.